The van der Waals surface area contributed by atoms with Crippen LogP contribution in [0, 0.1) is 0 Å². The van der Waals surface area contributed by atoms with Crippen molar-refractivity contribution in [2.45, 2.75) is 13.0 Å². The molecule has 4 rings (SSSR count). The molecule has 1 aliphatic rings. The number of morpholine rings is 1. The van der Waals surface area contributed by atoms with E-state index in [0.717, 1.165) is 22.4 Å². The van der Waals surface area contributed by atoms with E-state index in [1.165, 1.54) is 0 Å². The van der Waals surface area contributed by atoms with Gasteiger partial charge in [0.1, 0.15) is 12.4 Å². The number of benzene rings is 3. The zero-order valence-electron chi connectivity index (χ0n) is 18.9. The fraction of sp³-hybridized carbons (Fsp3) is 0.259. The van der Waals surface area contributed by atoms with Gasteiger partial charge in [-0.05, 0) is 53.1 Å². The molecule has 1 heterocycles. The summed E-state index contributed by atoms with van der Waals surface area (Å²) >= 11 is 5.95. The number of rotatable bonds is 9. The minimum Gasteiger partial charge on any atom is -0.484 e. The van der Waals surface area contributed by atoms with Crippen molar-refractivity contribution in [1.82, 2.24) is 4.90 Å². The second-order valence-electron chi connectivity index (χ2n) is 7.91. The summed E-state index contributed by atoms with van der Waals surface area (Å²) in [6.07, 6.45) is 0.622. The number of hydrogen-bond donors (Lipinski definition) is 0. The van der Waals surface area contributed by atoms with Gasteiger partial charge in [-0.3, -0.25) is 4.79 Å². The Morgan fingerprint density at radius 1 is 0.912 bits per heavy atom. The number of amides is 1. The molecule has 0 atom stereocenters. The SMILES string of the molecule is O=C(COc1ccc(/C(Cc2ccccc2)=N/OCc2ccc(Cl)cc2)cc1)N1CCOCC1. The van der Waals surface area contributed by atoms with E-state index in [9.17, 15) is 4.79 Å². The molecule has 3 aromatic carbocycles. The van der Waals surface area contributed by atoms with Crippen LogP contribution in [0.1, 0.15) is 16.7 Å². The lowest BCUT2D eigenvalue weighted by atomic mass is 10.0. The van der Waals surface area contributed by atoms with Crippen LogP contribution in [0.15, 0.2) is 84.0 Å². The summed E-state index contributed by atoms with van der Waals surface area (Å²) in [5.41, 5.74) is 3.84. The van der Waals surface area contributed by atoms with Gasteiger partial charge in [-0.25, -0.2) is 0 Å². The number of ether oxygens (including phenoxy) is 2. The second kappa shape index (κ2) is 12.2. The highest BCUT2D eigenvalue weighted by Crippen LogP contribution is 2.17. The molecule has 0 unspecified atom stereocenters. The highest BCUT2D eigenvalue weighted by molar-refractivity contribution is 6.30. The molecule has 0 bridgehead atoms. The van der Waals surface area contributed by atoms with Gasteiger partial charge in [-0.2, -0.15) is 0 Å². The lowest BCUT2D eigenvalue weighted by molar-refractivity contribution is -0.137. The standard InChI is InChI=1S/C27H27ClN2O4/c28-24-10-6-22(7-11-24)19-34-29-26(18-21-4-2-1-3-5-21)23-8-12-25(13-9-23)33-20-27(31)30-14-16-32-17-15-30/h1-13H,14-20H2/b29-26+. The summed E-state index contributed by atoms with van der Waals surface area (Å²) < 4.78 is 11.0. The molecule has 0 saturated carbocycles. The Hall–Kier alpha value is -3.35. The van der Waals surface area contributed by atoms with Gasteiger partial charge in [-0.15, -0.1) is 0 Å². The quantitative estimate of drug-likeness (QED) is 0.329. The van der Waals surface area contributed by atoms with Crippen LogP contribution < -0.4 is 4.74 Å². The molecule has 7 heteroatoms. The Bertz CT molecular complexity index is 1080. The Balaban J connectivity index is 1.41. The Kier molecular flexibility index (Phi) is 8.54. The Morgan fingerprint density at radius 3 is 2.32 bits per heavy atom. The van der Waals surface area contributed by atoms with E-state index < -0.39 is 0 Å². The van der Waals surface area contributed by atoms with Crippen molar-refractivity contribution in [3.8, 4) is 5.75 Å². The number of halogens is 1. The zero-order chi connectivity index (χ0) is 23.6. The third kappa shape index (κ3) is 7.07. The van der Waals surface area contributed by atoms with Gasteiger partial charge in [0.25, 0.3) is 5.91 Å². The summed E-state index contributed by atoms with van der Waals surface area (Å²) in [6.45, 7) is 2.72. The summed E-state index contributed by atoms with van der Waals surface area (Å²) in [7, 11) is 0. The van der Waals surface area contributed by atoms with Crippen LogP contribution in [0.2, 0.25) is 5.02 Å². The predicted molar refractivity (Wildman–Crippen MR) is 132 cm³/mol. The molecule has 0 radical (unpaired) electrons. The van der Waals surface area contributed by atoms with Crippen molar-refractivity contribution in [3.63, 3.8) is 0 Å². The first-order valence-electron chi connectivity index (χ1n) is 11.2. The molecule has 0 aliphatic carbocycles. The lowest BCUT2D eigenvalue weighted by Crippen LogP contribution is -2.42. The maximum absolute atomic E-state index is 12.3. The first-order valence-corrected chi connectivity index (χ1v) is 11.6. The number of oxime groups is 1. The van der Waals surface area contributed by atoms with Gasteiger partial charge in [0.15, 0.2) is 6.61 Å². The van der Waals surface area contributed by atoms with Crippen molar-refractivity contribution in [2.24, 2.45) is 5.16 Å². The second-order valence-corrected chi connectivity index (χ2v) is 8.34. The van der Waals surface area contributed by atoms with E-state index in [0.29, 0.717) is 50.1 Å². The van der Waals surface area contributed by atoms with Crippen molar-refractivity contribution < 1.29 is 19.1 Å². The molecule has 1 amide bonds. The van der Waals surface area contributed by atoms with E-state index in [1.54, 1.807) is 4.90 Å². The molecule has 0 N–H and O–H groups in total. The monoisotopic (exact) mass is 478 g/mol. The topological polar surface area (TPSA) is 60.4 Å². The van der Waals surface area contributed by atoms with Gasteiger partial charge in [0.05, 0.1) is 18.9 Å². The molecule has 1 saturated heterocycles. The van der Waals surface area contributed by atoms with Crippen LogP contribution in [0.3, 0.4) is 0 Å². The summed E-state index contributed by atoms with van der Waals surface area (Å²) in [5, 5.41) is 5.13. The molecule has 176 valence electrons. The van der Waals surface area contributed by atoms with E-state index in [2.05, 4.69) is 17.3 Å². The van der Waals surface area contributed by atoms with E-state index >= 15 is 0 Å². The van der Waals surface area contributed by atoms with Gasteiger partial charge >= 0.3 is 0 Å². The molecule has 3 aromatic rings. The smallest absolute Gasteiger partial charge is 0.260 e. The summed E-state index contributed by atoms with van der Waals surface area (Å²) in [5.74, 6) is 0.598. The minimum absolute atomic E-state index is 0.00844. The largest absolute Gasteiger partial charge is 0.484 e. The van der Waals surface area contributed by atoms with Crippen LogP contribution in [0.25, 0.3) is 0 Å². The van der Waals surface area contributed by atoms with Gasteiger partial charge in [0.2, 0.25) is 0 Å². The van der Waals surface area contributed by atoms with Gasteiger partial charge in [0, 0.05) is 24.5 Å². The molecule has 1 aliphatic heterocycles. The number of nitrogens with zero attached hydrogens (tertiary/aromatic N) is 2. The van der Waals surface area contributed by atoms with Gasteiger partial charge < -0.3 is 19.2 Å². The zero-order valence-corrected chi connectivity index (χ0v) is 19.6. The fourth-order valence-electron chi connectivity index (χ4n) is 3.53. The normalized spacial score (nSPS) is 14.0. The van der Waals surface area contributed by atoms with Gasteiger partial charge in [-0.1, -0.05) is 59.2 Å². The third-order valence-electron chi connectivity index (χ3n) is 5.45. The van der Waals surface area contributed by atoms with E-state index in [4.69, 9.17) is 25.9 Å². The molecular formula is C27H27ClN2O4. The number of carbonyl (C=O) groups is 1. The van der Waals surface area contributed by atoms with Crippen LogP contribution in [0.4, 0.5) is 0 Å². The van der Waals surface area contributed by atoms with Crippen LogP contribution >= 0.6 is 11.6 Å². The molecule has 1 fully saturated rings. The molecule has 6 nitrogen and oxygen atoms in total. The van der Waals surface area contributed by atoms with Crippen molar-refractivity contribution >= 4 is 23.2 Å². The maximum Gasteiger partial charge on any atom is 0.260 e. The molecule has 34 heavy (non-hydrogen) atoms. The first kappa shape index (κ1) is 23.8. The van der Waals surface area contributed by atoms with Crippen LogP contribution in [0.5, 0.6) is 5.75 Å². The lowest BCUT2D eigenvalue weighted by Gasteiger charge is -2.26. The molecule has 0 aromatic heterocycles. The Morgan fingerprint density at radius 2 is 1.62 bits per heavy atom. The van der Waals surface area contributed by atoms with Crippen LogP contribution in [-0.4, -0.2) is 49.4 Å². The third-order valence-corrected chi connectivity index (χ3v) is 5.70. The van der Waals surface area contributed by atoms with E-state index in [-0.39, 0.29) is 12.5 Å². The summed E-state index contributed by atoms with van der Waals surface area (Å²) in [4.78, 5) is 19.7. The van der Waals surface area contributed by atoms with E-state index in [1.807, 2.05) is 66.7 Å². The Labute approximate surface area is 204 Å². The molecule has 0 spiro atoms. The van der Waals surface area contributed by atoms with Crippen molar-refractivity contribution in [1.29, 1.82) is 0 Å². The molecular weight excluding hydrogens is 452 g/mol. The number of hydrogen-bond acceptors (Lipinski definition) is 5. The first-order chi connectivity index (χ1) is 16.7. The number of carbonyl (C=O) groups excluding carboxylic acids is 1. The maximum atomic E-state index is 12.3. The average molecular weight is 479 g/mol. The van der Waals surface area contributed by atoms with Crippen LogP contribution in [-0.2, 0) is 27.4 Å². The fourth-order valence-corrected chi connectivity index (χ4v) is 3.66. The van der Waals surface area contributed by atoms with Crippen molar-refractivity contribution in [3.05, 3.63) is 101 Å². The highest BCUT2D eigenvalue weighted by Gasteiger charge is 2.17. The minimum atomic E-state index is -0.0331. The van der Waals surface area contributed by atoms with Crippen molar-refractivity contribution in [2.75, 3.05) is 32.9 Å². The summed E-state index contributed by atoms with van der Waals surface area (Å²) in [6, 6.07) is 25.2. The predicted octanol–water partition coefficient (Wildman–Crippen LogP) is 4.74. The highest BCUT2D eigenvalue weighted by atomic mass is 35.5. The average Bonchev–Trinajstić information content (AvgIpc) is 2.89.